The van der Waals surface area contributed by atoms with E-state index in [4.69, 9.17) is 4.74 Å². The first-order valence-electron chi connectivity index (χ1n) is 10.0. The van der Waals surface area contributed by atoms with Crippen LogP contribution >= 0.6 is 0 Å². The normalized spacial score (nSPS) is 45.2. The lowest BCUT2D eigenvalue weighted by molar-refractivity contribution is -0.158. The summed E-state index contributed by atoms with van der Waals surface area (Å²) in [5.41, 5.74) is 1.53. The van der Waals surface area contributed by atoms with Crippen LogP contribution in [0, 0.1) is 28.6 Å². The smallest absolute Gasteiger partial charge is 0.305 e. The summed E-state index contributed by atoms with van der Waals surface area (Å²) < 4.78 is 5.85. The summed E-state index contributed by atoms with van der Waals surface area (Å²) in [4.78, 5) is 23.7. The van der Waals surface area contributed by atoms with Crippen LogP contribution in [0.25, 0.3) is 0 Å². The first-order valence-corrected chi connectivity index (χ1v) is 10.0. The van der Waals surface area contributed by atoms with Gasteiger partial charge >= 0.3 is 5.97 Å². The van der Waals surface area contributed by atoms with E-state index in [2.05, 4.69) is 19.9 Å². The monoisotopic (exact) mass is 342 g/mol. The Morgan fingerprint density at radius 2 is 2.00 bits per heavy atom. The largest absolute Gasteiger partial charge is 0.462 e. The van der Waals surface area contributed by atoms with Crippen LogP contribution in [-0.4, -0.2) is 17.9 Å². The molecule has 6 atom stereocenters. The highest BCUT2D eigenvalue weighted by Crippen LogP contribution is 2.64. The zero-order valence-corrected chi connectivity index (χ0v) is 15.7. The average molecular weight is 342 g/mol. The Bertz CT molecular complexity index is 660. The lowest BCUT2D eigenvalue weighted by atomic mass is 9.48. The second kappa shape index (κ2) is 5.82. The Balaban J connectivity index is 1.60. The molecule has 0 radical (unpaired) electrons. The van der Waals surface area contributed by atoms with Crippen LogP contribution in [0.5, 0.6) is 0 Å². The summed E-state index contributed by atoms with van der Waals surface area (Å²) in [5.74, 6) is 2.05. The third-order valence-corrected chi connectivity index (χ3v) is 8.03. The molecule has 4 aliphatic carbocycles. The lowest BCUT2D eigenvalue weighted by Gasteiger charge is -2.56. The topological polar surface area (TPSA) is 43.4 Å². The van der Waals surface area contributed by atoms with Gasteiger partial charge in [-0.05, 0) is 68.4 Å². The lowest BCUT2D eigenvalue weighted by Crippen LogP contribution is -2.51. The van der Waals surface area contributed by atoms with E-state index in [1.165, 1.54) is 24.8 Å². The zero-order valence-electron chi connectivity index (χ0n) is 15.7. The van der Waals surface area contributed by atoms with E-state index in [0.29, 0.717) is 24.2 Å². The molecule has 0 aliphatic heterocycles. The number of hydrogen-bond donors (Lipinski definition) is 0. The summed E-state index contributed by atoms with van der Waals surface area (Å²) in [7, 11) is 0. The predicted molar refractivity (Wildman–Crippen MR) is 96.8 cm³/mol. The molecule has 3 saturated carbocycles. The van der Waals surface area contributed by atoms with Crippen molar-refractivity contribution in [1.29, 1.82) is 0 Å². The summed E-state index contributed by atoms with van der Waals surface area (Å²) in [5, 5.41) is 0. The molecule has 3 fully saturated rings. The van der Waals surface area contributed by atoms with Gasteiger partial charge in [0.05, 0.1) is 0 Å². The van der Waals surface area contributed by atoms with Crippen LogP contribution in [0.3, 0.4) is 0 Å². The second-order valence-corrected chi connectivity index (χ2v) is 9.06. The molecule has 0 aromatic heterocycles. The van der Waals surface area contributed by atoms with Gasteiger partial charge in [0.1, 0.15) is 6.10 Å². The van der Waals surface area contributed by atoms with E-state index in [1.54, 1.807) is 6.08 Å². The first kappa shape index (κ1) is 17.1. The number of rotatable bonds is 2. The first-order chi connectivity index (χ1) is 11.9. The highest BCUT2D eigenvalue weighted by Gasteiger charge is 2.59. The van der Waals surface area contributed by atoms with Crippen molar-refractivity contribution in [3.8, 4) is 0 Å². The molecule has 0 amide bonds. The molecule has 0 bridgehead atoms. The maximum atomic E-state index is 11.9. The van der Waals surface area contributed by atoms with Crippen LogP contribution in [0.15, 0.2) is 23.8 Å². The van der Waals surface area contributed by atoms with Crippen LogP contribution in [0.4, 0.5) is 0 Å². The number of carbonyl (C=O) groups excluding carboxylic acids is 2. The molecule has 25 heavy (non-hydrogen) atoms. The van der Waals surface area contributed by atoms with Crippen molar-refractivity contribution in [3.63, 3.8) is 0 Å². The Hall–Kier alpha value is -1.38. The molecule has 0 saturated heterocycles. The minimum absolute atomic E-state index is 0.0519. The molecule has 0 spiro atoms. The summed E-state index contributed by atoms with van der Waals surface area (Å²) in [6.45, 7) is 6.58. The molecule has 4 rings (SSSR count). The summed E-state index contributed by atoms with van der Waals surface area (Å²) in [6.07, 6.45) is 13.1. The van der Waals surface area contributed by atoms with E-state index in [0.717, 1.165) is 19.3 Å². The molecular formula is C22H30O3. The van der Waals surface area contributed by atoms with Gasteiger partial charge in [0.25, 0.3) is 0 Å². The van der Waals surface area contributed by atoms with Gasteiger partial charge in [-0.15, -0.1) is 0 Å². The number of fused-ring (bicyclic) bond motifs is 5. The van der Waals surface area contributed by atoms with Crippen molar-refractivity contribution in [2.75, 3.05) is 0 Å². The van der Waals surface area contributed by atoms with Crippen molar-refractivity contribution < 1.29 is 14.3 Å². The minimum Gasteiger partial charge on any atom is -0.462 e. The van der Waals surface area contributed by atoms with Crippen molar-refractivity contribution in [2.45, 2.75) is 71.8 Å². The fraction of sp³-hybridized carbons (Fsp3) is 0.727. The molecule has 0 N–H and O–H groups in total. The van der Waals surface area contributed by atoms with Crippen LogP contribution in [0.1, 0.15) is 65.7 Å². The van der Waals surface area contributed by atoms with Crippen LogP contribution < -0.4 is 0 Å². The standard InChI is InChI=1S/C22H30O3/c1-4-20(24)25-19-8-7-17-16-6-5-14-13-15(23)9-11-21(14,2)18(16)10-12-22(17,19)3/h9,11,13,16-19H,4-8,10,12H2,1-3H3/t16-,17-,18+,19-,21+,22+/m1/s1. The van der Waals surface area contributed by atoms with Crippen molar-refractivity contribution >= 4 is 11.8 Å². The average Bonchev–Trinajstić information content (AvgIpc) is 2.92. The maximum Gasteiger partial charge on any atom is 0.305 e. The molecular weight excluding hydrogens is 312 g/mol. The number of ether oxygens (including phenoxy) is 1. The quantitative estimate of drug-likeness (QED) is 0.688. The summed E-state index contributed by atoms with van der Waals surface area (Å²) >= 11 is 0. The van der Waals surface area contributed by atoms with Gasteiger partial charge in [-0.1, -0.05) is 32.4 Å². The van der Waals surface area contributed by atoms with E-state index < -0.39 is 0 Å². The molecule has 0 aromatic rings. The Labute approximate surface area is 150 Å². The molecule has 0 aromatic carbocycles. The van der Waals surface area contributed by atoms with Gasteiger partial charge in [-0.2, -0.15) is 0 Å². The Kier molecular flexibility index (Phi) is 3.97. The molecule has 0 heterocycles. The molecule has 3 heteroatoms. The van der Waals surface area contributed by atoms with Gasteiger partial charge in [-0.3, -0.25) is 9.59 Å². The van der Waals surface area contributed by atoms with Gasteiger partial charge < -0.3 is 4.74 Å². The van der Waals surface area contributed by atoms with E-state index in [1.807, 2.05) is 13.0 Å². The molecule has 4 aliphatic rings. The minimum atomic E-state index is -0.0523. The zero-order chi connectivity index (χ0) is 17.8. The number of allylic oxidation sites excluding steroid dienone is 4. The van der Waals surface area contributed by atoms with Crippen LogP contribution in [-0.2, 0) is 14.3 Å². The van der Waals surface area contributed by atoms with Crippen molar-refractivity contribution in [3.05, 3.63) is 23.8 Å². The number of ketones is 1. The second-order valence-electron chi connectivity index (χ2n) is 9.06. The van der Waals surface area contributed by atoms with E-state index >= 15 is 0 Å². The fourth-order valence-electron chi connectivity index (χ4n) is 6.59. The Morgan fingerprint density at radius 3 is 2.76 bits per heavy atom. The van der Waals surface area contributed by atoms with Gasteiger partial charge in [0.2, 0.25) is 0 Å². The predicted octanol–water partition coefficient (Wildman–Crippen LogP) is 4.62. The van der Waals surface area contributed by atoms with Gasteiger partial charge in [-0.25, -0.2) is 0 Å². The maximum absolute atomic E-state index is 11.9. The SMILES string of the molecule is CCC(=O)O[C@@H]1CC[C@@H]2[C@H]3CCC4=CC(=O)C=C[C@]4(C)[C@H]3CC[C@@]21C. The van der Waals surface area contributed by atoms with Crippen LogP contribution in [0.2, 0.25) is 0 Å². The number of hydrogen-bond acceptors (Lipinski definition) is 3. The number of esters is 1. The third-order valence-electron chi connectivity index (χ3n) is 8.03. The highest BCUT2D eigenvalue weighted by atomic mass is 16.5. The molecule has 3 nitrogen and oxygen atoms in total. The summed E-state index contributed by atoms with van der Waals surface area (Å²) in [6, 6.07) is 0. The van der Waals surface area contributed by atoms with E-state index in [9.17, 15) is 9.59 Å². The number of carbonyl (C=O) groups is 2. The third kappa shape index (κ3) is 2.45. The highest BCUT2D eigenvalue weighted by molar-refractivity contribution is 6.01. The molecule has 136 valence electrons. The van der Waals surface area contributed by atoms with Crippen molar-refractivity contribution in [2.24, 2.45) is 28.6 Å². The molecule has 0 unspecified atom stereocenters. The van der Waals surface area contributed by atoms with Gasteiger partial charge in [0, 0.05) is 17.3 Å². The fourth-order valence-corrected chi connectivity index (χ4v) is 6.59. The van der Waals surface area contributed by atoms with Gasteiger partial charge in [0.15, 0.2) is 5.78 Å². The Morgan fingerprint density at radius 1 is 1.20 bits per heavy atom. The van der Waals surface area contributed by atoms with E-state index in [-0.39, 0.29) is 28.7 Å². The van der Waals surface area contributed by atoms with Crippen molar-refractivity contribution in [1.82, 2.24) is 0 Å².